The first kappa shape index (κ1) is 12.2. The van der Waals surface area contributed by atoms with Gasteiger partial charge in [-0.1, -0.05) is 12.1 Å². The summed E-state index contributed by atoms with van der Waals surface area (Å²) in [5.74, 6) is 0.0815. The molecule has 2 aromatic rings. The van der Waals surface area contributed by atoms with E-state index in [0.29, 0.717) is 5.95 Å². The number of nitrogens with zero attached hydrogens (tertiary/aromatic N) is 2. The van der Waals surface area contributed by atoms with Crippen molar-refractivity contribution in [2.75, 3.05) is 5.32 Å². The maximum atomic E-state index is 12.0. The number of aryl methyl sites for hydroxylation is 2. The molecule has 0 aliphatic heterocycles. The summed E-state index contributed by atoms with van der Waals surface area (Å²) < 4.78 is 1.84. The summed E-state index contributed by atoms with van der Waals surface area (Å²) in [6.45, 7) is 4.55. The minimum Gasteiger partial charge on any atom is -0.507 e. The number of aromatic hydroxyl groups is 1. The SMILES string of the molecule is CCn1cc(C)nc1NC(=O)c1ccccc1O. The molecule has 0 atom stereocenters. The van der Waals surface area contributed by atoms with Crippen molar-refractivity contribution in [1.82, 2.24) is 9.55 Å². The van der Waals surface area contributed by atoms with E-state index in [2.05, 4.69) is 10.3 Å². The van der Waals surface area contributed by atoms with Crippen molar-refractivity contribution in [1.29, 1.82) is 0 Å². The van der Waals surface area contributed by atoms with Crippen LogP contribution in [0.1, 0.15) is 23.0 Å². The van der Waals surface area contributed by atoms with Gasteiger partial charge in [0.1, 0.15) is 5.75 Å². The molecule has 18 heavy (non-hydrogen) atoms. The van der Waals surface area contributed by atoms with Crippen LogP contribution in [0.5, 0.6) is 5.75 Å². The first-order valence-corrected chi connectivity index (χ1v) is 5.75. The molecule has 0 saturated carbocycles. The van der Waals surface area contributed by atoms with Gasteiger partial charge >= 0.3 is 0 Å². The van der Waals surface area contributed by atoms with E-state index in [1.54, 1.807) is 18.2 Å². The minimum atomic E-state index is -0.367. The smallest absolute Gasteiger partial charge is 0.261 e. The fourth-order valence-corrected chi connectivity index (χ4v) is 1.72. The molecule has 0 aliphatic carbocycles. The Bertz CT molecular complexity index is 575. The number of hydrogen-bond donors (Lipinski definition) is 2. The Morgan fingerprint density at radius 2 is 2.17 bits per heavy atom. The lowest BCUT2D eigenvalue weighted by atomic mass is 10.2. The Kier molecular flexibility index (Phi) is 3.32. The van der Waals surface area contributed by atoms with Gasteiger partial charge in [0.15, 0.2) is 0 Å². The van der Waals surface area contributed by atoms with E-state index in [4.69, 9.17) is 0 Å². The zero-order chi connectivity index (χ0) is 13.1. The molecule has 0 radical (unpaired) electrons. The Hall–Kier alpha value is -2.30. The molecule has 0 aliphatic rings. The highest BCUT2D eigenvalue weighted by Gasteiger charge is 2.13. The average molecular weight is 245 g/mol. The van der Waals surface area contributed by atoms with Gasteiger partial charge in [0, 0.05) is 12.7 Å². The molecular weight excluding hydrogens is 230 g/mol. The van der Waals surface area contributed by atoms with Gasteiger partial charge in [-0.15, -0.1) is 0 Å². The molecule has 0 spiro atoms. The van der Waals surface area contributed by atoms with Gasteiger partial charge < -0.3 is 9.67 Å². The Balaban J connectivity index is 2.24. The van der Waals surface area contributed by atoms with Crippen LogP contribution in [0.4, 0.5) is 5.95 Å². The second kappa shape index (κ2) is 4.91. The monoisotopic (exact) mass is 245 g/mol. The third-order valence-corrected chi connectivity index (χ3v) is 2.61. The number of imidazole rings is 1. The molecule has 0 fully saturated rings. The summed E-state index contributed by atoms with van der Waals surface area (Å²) in [4.78, 5) is 16.2. The number of nitrogens with one attached hydrogen (secondary N) is 1. The van der Waals surface area contributed by atoms with Crippen molar-refractivity contribution in [2.24, 2.45) is 0 Å². The lowest BCUT2D eigenvalue weighted by Gasteiger charge is -2.07. The highest BCUT2D eigenvalue weighted by atomic mass is 16.3. The number of aromatic nitrogens is 2. The van der Waals surface area contributed by atoms with Crippen molar-refractivity contribution in [2.45, 2.75) is 20.4 Å². The van der Waals surface area contributed by atoms with E-state index >= 15 is 0 Å². The summed E-state index contributed by atoms with van der Waals surface area (Å²) in [7, 11) is 0. The third-order valence-electron chi connectivity index (χ3n) is 2.61. The van der Waals surface area contributed by atoms with Crippen molar-refractivity contribution in [3.8, 4) is 5.75 Å². The first-order valence-electron chi connectivity index (χ1n) is 5.75. The second-order valence-electron chi connectivity index (χ2n) is 3.96. The molecule has 2 rings (SSSR count). The summed E-state index contributed by atoms with van der Waals surface area (Å²) >= 11 is 0. The van der Waals surface area contributed by atoms with Gasteiger partial charge in [-0.3, -0.25) is 10.1 Å². The normalized spacial score (nSPS) is 10.3. The predicted octanol–water partition coefficient (Wildman–Crippen LogP) is 2.17. The first-order chi connectivity index (χ1) is 8.61. The van der Waals surface area contributed by atoms with Crippen LogP contribution in [0.15, 0.2) is 30.5 Å². The molecule has 5 heteroatoms. The molecule has 1 amide bonds. The Labute approximate surface area is 105 Å². The van der Waals surface area contributed by atoms with Crippen molar-refractivity contribution in [3.63, 3.8) is 0 Å². The Morgan fingerprint density at radius 3 is 2.83 bits per heavy atom. The van der Waals surface area contributed by atoms with Crippen LogP contribution in [0.25, 0.3) is 0 Å². The predicted molar refractivity (Wildman–Crippen MR) is 68.7 cm³/mol. The zero-order valence-corrected chi connectivity index (χ0v) is 10.3. The highest BCUT2D eigenvalue weighted by Crippen LogP contribution is 2.17. The van der Waals surface area contributed by atoms with E-state index in [9.17, 15) is 9.90 Å². The van der Waals surface area contributed by atoms with Crippen LogP contribution < -0.4 is 5.32 Å². The summed E-state index contributed by atoms with van der Waals surface area (Å²) in [5, 5.41) is 12.3. The highest BCUT2D eigenvalue weighted by molar-refractivity contribution is 6.05. The van der Waals surface area contributed by atoms with E-state index in [0.717, 1.165) is 12.2 Å². The van der Waals surface area contributed by atoms with Crippen LogP contribution in [-0.2, 0) is 6.54 Å². The lowest BCUT2D eigenvalue weighted by molar-refractivity contribution is 0.102. The number of amides is 1. The molecule has 94 valence electrons. The van der Waals surface area contributed by atoms with Crippen LogP contribution in [0.2, 0.25) is 0 Å². The molecule has 0 bridgehead atoms. The van der Waals surface area contributed by atoms with Gasteiger partial charge in [0.25, 0.3) is 5.91 Å². The summed E-state index contributed by atoms with van der Waals surface area (Å²) in [6, 6.07) is 6.42. The number of phenols is 1. The number of phenolic OH excluding ortho intramolecular Hbond substituents is 1. The van der Waals surface area contributed by atoms with Gasteiger partial charge in [-0.2, -0.15) is 0 Å². The van der Waals surface area contributed by atoms with E-state index < -0.39 is 0 Å². The van der Waals surface area contributed by atoms with Crippen molar-refractivity contribution < 1.29 is 9.90 Å². The van der Waals surface area contributed by atoms with Gasteiger partial charge in [-0.25, -0.2) is 4.98 Å². The third kappa shape index (κ3) is 2.34. The van der Waals surface area contributed by atoms with E-state index in [-0.39, 0.29) is 17.2 Å². The second-order valence-corrected chi connectivity index (χ2v) is 3.96. The fourth-order valence-electron chi connectivity index (χ4n) is 1.72. The summed E-state index contributed by atoms with van der Waals surface area (Å²) in [6.07, 6.45) is 1.86. The van der Waals surface area contributed by atoms with Crippen LogP contribution in [0.3, 0.4) is 0 Å². The van der Waals surface area contributed by atoms with Crippen LogP contribution in [0, 0.1) is 6.92 Å². The number of carbonyl (C=O) groups excluding carboxylic acids is 1. The molecule has 2 N–H and O–H groups in total. The largest absolute Gasteiger partial charge is 0.507 e. The number of carbonyl (C=O) groups is 1. The zero-order valence-electron chi connectivity index (χ0n) is 10.3. The topological polar surface area (TPSA) is 67.2 Å². The maximum absolute atomic E-state index is 12.0. The molecule has 5 nitrogen and oxygen atoms in total. The number of hydrogen-bond acceptors (Lipinski definition) is 3. The Morgan fingerprint density at radius 1 is 1.44 bits per heavy atom. The number of anilines is 1. The average Bonchev–Trinajstić information content (AvgIpc) is 2.70. The molecule has 1 heterocycles. The quantitative estimate of drug-likeness (QED) is 0.870. The molecule has 1 aromatic heterocycles. The van der Waals surface area contributed by atoms with Gasteiger partial charge in [0.2, 0.25) is 5.95 Å². The van der Waals surface area contributed by atoms with Crippen LogP contribution >= 0.6 is 0 Å². The molecular formula is C13H15N3O2. The standard InChI is InChI=1S/C13H15N3O2/c1-3-16-8-9(2)14-13(16)15-12(18)10-6-4-5-7-11(10)17/h4-8,17H,3H2,1-2H3,(H,14,15,18). The summed E-state index contributed by atoms with van der Waals surface area (Å²) in [5.41, 5.74) is 1.07. The molecule has 0 saturated heterocycles. The molecule has 1 aromatic carbocycles. The molecule has 0 unspecified atom stereocenters. The van der Waals surface area contributed by atoms with Crippen molar-refractivity contribution >= 4 is 11.9 Å². The number of para-hydroxylation sites is 1. The minimum absolute atomic E-state index is 0.0404. The maximum Gasteiger partial charge on any atom is 0.261 e. The lowest BCUT2D eigenvalue weighted by Crippen LogP contribution is -2.15. The van der Waals surface area contributed by atoms with Crippen LogP contribution in [-0.4, -0.2) is 20.6 Å². The van der Waals surface area contributed by atoms with Gasteiger partial charge in [-0.05, 0) is 26.0 Å². The number of rotatable bonds is 3. The van der Waals surface area contributed by atoms with E-state index in [1.165, 1.54) is 6.07 Å². The fraction of sp³-hybridized carbons (Fsp3) is 0.231. The van der Waals surface area contributed by atoms with E-state index in [1.807, 2.05) is 24.6 Å². The van der Waals surface area contributed by atoms with Crippen molar-refractivity contribution in [3.05, 3.63) is 41.7 Å². The van der Waals surface area contributed by atoms with Gasteiger partial charge in [0.05, 0.1) is 11.3 Å². The number of benzene rings is 1.